The van der Waals surface area contributed by atoms with E-state index in [2.05, 4.69) is 20.8 Å². The van der Waals surface area contributed by atoms with Gasteiger partial charge in [-0.3, -0.25) is 9.69 Å². The summed E-state index contributed by atoms with van der Waals surface area (Å²) >= 11 is 3.43. The number of ketones is 1. The van der Waals surface area contributed by atoms with E-state index in [1.807, 2.05) is 24.3 Å². The second-order valence-electron chi connectivity index (χ2n) is 5.37. The molecule has 0 aromatic heterocycles. The lowest BCUT2D eigenvalue weighted by Crippen LogP contribution is -2.38. The summed E-state index contributed by atoms with van der Waals surface area (Å²) in [6, 6.07) is 7.79. The lowest BCUT2D eigenvalue weighted by Gasteiger charge is -2.28. The van der Waals surface area contributed by atoms with Gasteiger partial charge in [-0.15, -0.1) is 0 Å². The van der Waals surface area contributed by atoms with E-state index in [-0.39, 0.29) is 18.4 Å². The van der Waals surface area contributed by atoms with Crippen LogP contribution in [-0.2, 0) is 0 Å². The first kappa shape index (κ1) is 15.7. The Morgan fingerprint density at radius 2 is 2.10 bits per heavy atom. The number of carbonyl (C=O) groups excluding carboxylic acids is 1. The van der Waals surface area contributed by atoms with Gasteiger partial charge < -0.3 is 5.11 Å². The number of hydrogen-bond acceptors (Lipinski definition) is 3. The molecule has 1 aliphatic rings. The number of rotatable bonds is 5. The van der Waals surface area contributed by atoms with Crippen molar-refractivity contribution >= 4 is 21.7 Å². The molecular weight excluding hydrogens is 318 g/mol. The van der Waals surface area contributed by atoms with Crippen LogP contribution in [-0.4, -0.2) is 41.5 Å². The van der Waals surface area contributed by atoms with Gasteiger partial charge in [0.05, 0.1) is 6.61 Å². The number of halogens is 1. The van der Waals surface area contributed by atoms with Crippen LogP contribution in [0.2, 0.25) is 0 Å². The van der Waals surface area contributed by atoms with Crippen molar-refractivity contribution < 1.29 is 9.90 Å². The predicted octanol–water partition coefficient (Wildman–Crippen LogP) is 3.26. The van der Waals surface area contributed by atoms with E-state index in [4.69, 9.17) is 0 Å². The normalized spacial score (nSPS) is 20.6. The molecule has 1 saturated heterocycles. The van der Waals surface area contributed by atoms with Gasteiger partial charge in [-0.1, -0.05) is 47.0 Å². The van der Waals surface area contributed by atoms with Crippen LogP contribution in [0.4, 0.5) is 0 Å². The molecule has 1 N–H and O–H groups in total. The Labute approximate surface area is 129 Å². The summed E-state index contributed by atoms with van der Waals surface area (Å²) in [5.74, 6) is 0.165. The van der Waals surface area contributed by atoms with Crippen molar-refractivity contribution in [2.75, 3.05) is 19.7 Å². The fraction of sp³-hybridized carbons (Fsp3) is 0.562. The molecular formula is C16H22BrNO2. The summed E-state index contributed by atoms with van der Waals surface area (Å²) in [7, 11) is 0. The molecule has 0 amide bonds. The Bertz CT molecular complexity index is 450. The van der Waals surface area contributed by atoms with Crippen LogP contribution < -0.4 is 0 Å². The van der Waals surface area contributed by atoms with Crippen LogP contribution in [0.25, 0.3) is 0 Å². The zero-order chi connectivity index (χ0) is 14.4. The number of aliphatic hydroxyl groups is 1. The van der Waals surface area contributed by atoms with Gasteiger partial charge in [-0.25, -0.2) is 0 Å². The van der Waals surface area contributed by atoms with Crippen LogP contribution in [0, 0.1) is 0 Å². The molecule has 1 unspecified atom stereocenters. The average molecular weight is 340 g/mol. The molecule has 2 rings (SSSR count). The fourth-order valence-electron chi connectivity index (χ4n) is 2.81. The van der Waals surface area contributed by atoms with Crippen LogP contribution in [0.1, 0.15) is 42.5 Å². The first-order valence-corrected chi connectivity index (χ1v) is 8.14. The van der Waals surface area contributed by atoms with E-state index in [0.717, 1.165) is 29.5 Å². The molecule has 1 aliphatic heterocycles. The molecule has 1 atom stereocenters. The van der Waals surface area contributed by atoms with Gasteiger partial charge in [0, 0.05) is 29.0 Å². The zero-order valence-corrected chi connectivity index (χ0v) is 13.3. The molecule has 110 valence electrons. The van der Waals surface area contributed by atoms with Gasteiger partial charge >= 0.3 is 0 Å². The highest BCUT2D eigenvalue weighted by atomic mass is 79.9. The molecule has 4 heteroatoms. The van der Waals surface area contributed by atoms with Crippen molar-refractivity contribution in [2.45, 2.75) is 38.1 Å². The standard InChI is InChI=1S/C16H22BrNO2/c17-15-8-4-3-7-14(15)16(20)9-11-18-10-5-1-2-6-13(18)12-19/h3-4,7-8,13,19H,1-2,5-6,9-12H2. The summed E-state index contributed by atoms with van der Waals surface area (Å²) in [5, 5.41) is 9.48. The summed E-state index contributed by atoms with van der Waals surface area (Å²) in [5.41, 5.74) is 0.753. The highest BCUT2D eigenvalue weighted by Gasteiger charge is 2.21. The van der Waals surface area contributed by atoms with Crippen molar-refractivity contribution in [3.05, 3.63) is 34.3 Å². The summed E-state index contributed by atoms with van der Waals surface area (Å²) in [6.45, 7) is 1.93. The molecule has 1 aromatic carbocycles. The third-order valence-corrected chi connectivity index (χ3v) is 4.70. The second-order valence-corrected chi connectivity index (χ2v) is 6.23. The van der Waals surface area contributed by atoms with Gasteiger partial charge in [0.1, 0.15) is 0 Å². The van der Waals surface area contributed by atoms with Gasteiger partial charge in [0.15, 0.2) is 5.78 Å². The molecule has 3 nitrogen and oxygen atoms in total. The minimum absolute atomic E-state index is 0.165. The van der Waals surface area contributed by atoms with Crippen molar-refractivity contribution in [3.63, 3.8) is 0 Å². The monoisotopic (exact) mass is 339 g/mol. The largest absolute Gasteiger partial charge is 0.395 e. The lowest BCUT2D eigenvalue weighted by atomic mass is 10.1. The van der Waals surface area contributed by atoms with E-state index in [1.54, 1.807) is 0 Å². The number of hydrogen-bond donors (Lipinski definition) is 1. The van der Waals surface area contributed by atoms with E-state index in [0.29, 0.717) is 6.42 Å². The maximum Gasteiger partial charge on any atom is 0.165 e. The molecule has 20 heavy (non-hydrogen) atoms. The fourth-order valence-corrected chi connectivity index (χ4v) is 3.31. The van der Waals surface area contributed by atoms with Crippen LogP contribution in [0.5, 0.6) is 0 Å². The first-order chi connectivity index (χ1) is 9.72. The van der Waals surface area contributed by atoms with Gasteiger partial charge in [-0.05, 0) is 25.5 Å². The molecule has 1 heterocycles. The molecule has 1 fully saturated rings. The minimum atomic E-state index is 0.165. The number of benzene rings is 1. The number of nitrogens with zero attached hydrogens (tertiary/aromatic N) is 1. The third kappa shape index (κ3) is 4.14. The summed E-state index contributed by atoms with van der Waals surface area (Å²) in [6.07, 6.45) is 5.13. The predicted molar refractivity (Wildman–Crippen MR) is 84.0 cm³/mol. The molecule has 0 aliphatic carbocycles. The maximum absolute atomic E-state index is 12.3. The minimum Gasteiger partial charge on any atom is -0.395 e. The van der Waals surface area contributed by atoms with Gasteiger partial charge in [0.2, 0.25) is 0 Å². The molecule has 0 spiro atoms. The van der Waals surface area contributed by atoms with E-state index >= 15 is 0 Å². The first-order valence-electron chi connectivity index (χ1n) is 7.35. The van der Waals surface area contributed by atoms with Crippen LogP contribution in [0.3, 0.4) is 0 Å². The quantitative estimate of drug-likeness (QED) is 0.837. The summed E-state index contributed by atoms with van der Waals surface area (Å²) < 4.78 is 0.861. The zero-order valence-electron chi connectivity index (χ0n) is 11.7. The Morgan fingerprint density at radius 1 is 1.30 bits per heavy atom. The number of Topliss-reactive ketones (excluding diaryl/α,β-unsaturated/α-hetero) is 1. The van der Waals surface area contributed by atoms with Crippen LogP contribution >= 0.6 is 15.9 Å². The Balaban J connectivity index is 1.93. The smallest absolute Gasteiger partial charge is 0.165 e. The molecule has 0 bridgehead atoms. The van der Waals surface area contributed by atoms with Gasteiger partial charge in [0.25, 0.3) is 0 Å². The Hall–Kier alpha value is -0.710. The van der Waals surface area contributed by atoms with E-state index < -0.39 is 0 Å². The van der Waals surface area contributed by atoms with Crippen LogP contribution in [0.15, 0.2) is 28.7 Å². The Kier molecular flexibility index (Phi) is 6.20. The Morgan fingerprint density at radius 3 is 2.85 bits per heavy atom. The third-order valence-electron chi connectivity index (χ3n) is 4.01. The topological polar surface area (TPSA) is 40.5 Å². The van der Waals surface area contributed by atoms with Gasteiger partial charge in [-0.2, -0.15) is 0 Å². The maximum atomic E-state index is 12.3. The molecule has 0 radical (unpaired) electrons. The van der Waals surface area contributed by atoms with Crippen molar-refractivity contribution in [2.24, 2.45) is 0 Å². The highest BCUT2D eigenvalue weighted by molar-refractivity contribution is 9.10. The number of likely N-dealkylation sites (tertiary alicyclic amines) is 1. The van der Waals surface area contributed by atoms with Crippen molar-refractivity contribution in [1.82, 2.24) is 4.90 Å². The molecule has 1 aromatic rings. The number of aliphatic hydroxyl groups excluding tert-OH is 1. The molecule has 0 saturated carbocycles. The van der Waals surface area contributed by atoms with Crippen molar-refractivity contribution in [1.29, 1.82) is 0 Å². The number of carbonyl (C=O) groups is 1. The second kappa shape index (κ2) is 7.91. The lowest BCUT2D eigenvalue weighted by molar-refractivity contribution is 0.0909. The van der Waals surface area contributed by atoms with Crippen molar-refractivity contribution in [3.8, 4) is 0 Å². The van der Waals surface area contributed by atoms with E-state index in [1.165, 1.54) is 19.3 Å². The SMILES string of the molecule is O=C(CCN1CCCCCC1CO)c1ccccc1Br. The average Bonchev–Trinajstić information content (AvgIpc) is 2.70. The summed E-state index contributed by atoms with van der Waals surface area (Å²) in [4.78, 5) is 14.5. The van der Waals surface area contributed by atoms with E-state index in [9.17, 15) is 9.90 Å². The highest BCUT2D eigenvalue weighted by Crippen LogP contribution is 2.20.